The van der Waals surface area contributed by atoms with E-state index in [1.54, 1.807) is 0 Å². The van der Waals surface area contributed by atoms with Crippen LogP contribution in [0, 0.1) is 0 Å². The molecule has 0 aliphatic rings. The number of esters is 2. The van der Waals surface area contributed by atoms with Gasteiger partial charge < -0.3 is 9.47 Å². The molecule has 0 aliphatic heterocycles. The molecule has 0 saturated carbocycles. The van der Waals surface area contributed by atoms with Gasteiger partial charge in [-0.05, 0) is 32.6 Å². The van der Waals surface area contributed by atoms with Gasteiger partial charge in [-0.15, -0.1) is 0 Å². The molecule has 0 aromatic rings. The number of hydrogen-bond acceptors (Lipinski definition) is 4. The van der Waals surface area contributed by atoms with Crippen molar-refractivity contribution in [1.82, 2.24) is 0 Å². The Balaban J connectivity index is 3.39. The molecule has 1 atom stereocenters. The molecule has 0 saturated heterocycles. The molecule has 0 aliphatic carbocycles. The summed E-state index contributed by atoms with van der Waals surface area (Å²) in [6, 6.07) is 0. The summed E-state index contributed by atoms with van der Waals surface area (Å²) < 4.78 is 9.83. The van der Waals surface area contributed by atoms with Crippen LogP contribution in [-0.2, 0) is 19.1 Å². The fourth-order valence-electron chi connectivity index (χ4n) is 1.25. The van der Waals surface area contributed by atoms with Gasteiger partial charge in [-0.3, -0.25) is 0 Å². The van der Waals surface area contributed by atoms with Crippen LogP contribution in [0.5, 0.6) is 0 Å². The first-order chi connectivity index (χ1) is 8.10. The normalized spacial score (nSPS) is 11.4. The monoisotopic (exact) mass is 240 g/mol. The van der Waals surface area contributed by atoms with E-state index in [2.05, 4.69) is 13.2 Å². The van der Waals surface area contributed by atoms with E-state index in [1.165, 1.54) is 0 Å². The van der Waals surface area contributed by atoms with Gasteiger partial charge in [-0.2, -0.15) is 0 Å². The van der Waals surface area contributed by atoms with Crippen LogP contribution in [0.3, 0.4) is 0 Å². The van der Waals surface area contributed by atoms with Gasteiger partial charge in [0, 0.05) is 12.2 Å². The van der Waals surface area contributed by atoms with Gasteiger partial charge in [0.05, 0.1) is 12.7 Å². The zero-order valence-electron chi connectivity index (χ0n) is 10.3. The van der Waals surface area contributed by atoms with Gasteiger partial charge >= 0.3 is 11.9 Å². The van der Waals surface area contributed by atoms with Crippen molar-refractivity contribution in [3.63, 3.8) is 0 Å². The third-order valence-corrected chi connectivity index (χ3v) is 2.15. The number of rotatable bonds is 9. The van der Waals surface area contributed by atoms with Crippen molar-refractivity contribution in [3.8, 4) is 0 Å². The molecule has 0 spiro atoms. The highest BCUT2D eigenvalue weighted by Crippen LogP contribution is 2.07. The number of hydrogen-bond donors (Lipinski definition) is 0. The molecule has 4 nitrogen and oxygen atoms in total. The van der Waals surface area contributed by atoms with Crippen molar-refractivity contribution in [2.45, 2.75) is 38.7 Å². The van der Waals surface area contributed by atoms with E-state index in [0.29, 0.717) is 6.61 Å². The summed E-state index contributed by atoms with van der Waals surface area (Å²) in [4.78, 5) is 21.6. The highest BCUT2D eigenvalue weighted by Gasteiger charge is 2.05. The van der Waals surface area contributed by atoms with Gasteiger partial charge in [-0.25, -0.2) is 9.59 Å². The first-order valence-electron chi connectivity index (χ1n) is 5.72. The fraction of sp³-hybridized carbons (Fsp3) is 0.538. The van der Waals surface area contributed by atoms with Crippen LogP contribution in [0.2, 0.25) is 0 Å². The topological polar surface area (TPSA) is 52.6 Å². The smallest absolute Gasteiger partial charge is 0.330 e. The average molecular weight is 240 g/mol. The lowest BCUT2D eigenvalue weighted by Crippen LogP contribution is -2.12. The minimum atomic E-state index is -0.391. The summed E-state index contributed by atoms with van der Waals surface area (Å²) in [5, 5.41) is 0. The Labute approximate surface area is 102 Å². The Hall–Kier alpha value is -1.58. The molecule has 0 rings (SSSR count). The van der Waals surface area contributed by atoms with E-state index in [9.17, 15) is 9.59 Å². The van der Waals surface area contributed by atoms with Gasteiger partial charge in [0.25, 0.3) is 0 Å². The Morgan fingerprint density at radius 3 is 2.35 bits per heavy atom. The lowest BCUT2D eigenvalue weighted by Gasteiger charge is -2.11. The van der Waals surface area contributed by atoms with E-state index >= 15 is 0 Å². The quantitative estimate of drug-likeness (QED) is 0.353. The number of carbonyl (C=O) groups excluding carboxylic acids is 2. The van der Waals surface area contributed by atoms with E-state index in [4.69, 9.17) is 9.47 Å². The summed E-state index contributed by atoms with van der Waals surface area (Å²) in [6.45, 7) is 8.89. The number of ether oxygens (including phenoxy) is 2. The Kier molecular flexibility index (Phi) is 8.74. The van der Waals surface area contributed by atoms with E-state index < -0.39 is 11.9 Å². The van der Waals surface area contributed by atoms with Crippen LogP contribution < -0.4 is 0 Å². The maximum atomic E-state index is 10.9. The molecule has 0 N–H and O–H groups in total. The van der Waals surface area contributed by atoms with E-state index in [-0.39, 0.29) is 6.10 Å². The third-order valence-electron chi connectivity index (χ3n) is 2.15. The van der Waals surface area contributed by atoms with Crippen LogP contribution >= 0.6 is 0 Å². The van der Waals surface area contributed by atoms with Gasteiger partial charge in [-0.1, -0.05) is 13.2 Å². The van der Waals surface area contributed by atoms with Crippen molar-refractivity contribution in [1.29, 1.82) is 0 Å². The highest BCUT2D eigenvalue weighted by atomic mass is 16.5. The van der Waals surface area contributed by atoms with Crippen molar-refractivity contribution >= 4 is 11.9 Å². The zero-order chi connectivity index (χ0) is 13.1. The Morgan fingerprint density at radius 1 is 1.12 bits per heavy atom. The zero-order valence-corrected chi connectivity index (χ0v) is 10.3. The summed E-state index contributed by atoms with van der Waals surface area (Å²) in [5.74, 6) is -0.782. The molecular formula is C13H20O4. The van der Waals surface area contributed by atoms with Crippen molar-refractivity contribution in [2.75, 3.05) is 6.61 Å². The predicted molar refractivity (Wildman–Crippen MR) is 65.4 cm³/mol. The molecule has 0 aromatic carbocycles. The van der Waals surface area contributed by atoms with Crippen molar-refractivity contribution in [3.05, 3.63) is 25.3 Å². The minimum absolute atomic E-state index is 0.101. The largest absolute Gasteiger partial charge is 0.463 e. The number of unbranched alkanes of at least 4 members (excludes halogenated alkanes) is 2. The maximum Gasteiger partial charge on any atom is 0.330 e. The molecule has 0 aromatic heterocycles. The minimum Gasteiger partial charge on any atom is -0.463 e. The average Bonchev–Trinajstić information content (AvgIpc) is 2.32. The van der Waals surface area contributed by atoms with E-state index in [0.717, 1.165) is 37.8 Å². The van der Waals surface area contributed by atoms with Crippen molar-refractivity contribution < 1.29 is 19.1 Å². The Morgan fingerprint density at radius 2 is 1.76 bits per heavy atom. The predicted octanol–water partition coefficient (Wildman–Crippen LogP) is 2.39. The first-order valence-corrected chi connectivity index (χ1v) is 5.72. The van der Waals surface area contributed by atoms with E-state index in [1.807, 2.05) is 6.92 Å². The Bertz CT molecular complexity index is 271. The second-order valence-corrected chi connectivity index (χ2v) is 3.67. The summed E-state index contributed by atoms with van der Waals surface area (Å²) in [5.41, 5.74) is 0. The molecular weight excluding hydrogens is 220 g/mol. The maximum absolute atomic E-state index is 10.9. The highest BCUT2D eigenvalue weighted by molar-refractivity contribution is 5.81. The van der Waals surface area contributed by atoms with Gasteiger partial charge in [0.2, 0.25) is 0 Å². The number of carbonyl (C=O) groups is 2. The van der Waals surface area contributed by atoms with Crippen LogP contribution in [0.15, 0.2) is 25.3 Å². The van der Waals surface area contributed by atoms with Gasteiger partial charge in [0.15, 0.2) is 0 Å². The van der Waals surface area contributed by atoms with Crippen LogP contribution in [-0.4, -0.2) is 24.6 Å². The molecule has 0 amide bonds. The summed E-state index contributed by atoms with van der Waals surface area (Å²) in [7, 11) is 0. The third kappa shape index (κ3) is 9.35. The SMILES string of the molecule is C=CC(=O)OCCCCCC(C)OC(=O)C=C. The van der Waals surface area contributed by atoms with Crippen LogP contribution in [0.25, 0.3) is 0 Å². The molecule has 4 heteroatoms. The molecule has 1 unspecified atom stereocenters. The second-order valence-electron chi connectivity index (χ2n) is 3.67. The fourth-order valence-corrected chi connectivity index (χ4v) is 1.25. The summed E-state index contributed by atoms with van der Waals surface area (Å²) in [6.07, 6.45) is 5.67. The first kappa shape index (κ1) is 15.4. The molecule has 0 radical (unpaired) electrons. The lowest BCUT2D eigenvalue weighted by molar-refractivity contribution is -0.142. The van der Waals surface area contributed by atoms with Crippen LogP contribution in [0.1, 0.15) is 32.6 Å². The summed E-state index contributed by atoms with van der Waals surface area (Å²) >= 11 is 0. The second kappa shape index (κ2) is 9.63. The molecule has 0 bridgehead atoms. The molecule has 0 fully saturated rings. The van der Waals surface area contributed by atoms with Crippen molar-refractivity contribution in [2.24, 2.45) is 0 Å². The molecule has 96 valence electrons. The standard InChI is InChI=1S/C13H20O4/c1-4-12(14)16-10-8-6-7-9-11(3)17-13(15)5-2/h4-5,11H,1-2,6-10H2,3H3. The molecule has 17 heavy (non-hydrogen) atoms. The molecule has 0 heterocycles. The van der Waals surface area contributed by atoms with Crippen LogP contribution in [0.4, 0.5) is 0 Å². The van der Waals surface area contributed by atoms with Gasteiger partial charge in [0.1, 0.15) is 0 Å². The lowest BCUT2D eigenvalue weighted by atomic mass is 10.1.